The molecular weight excluding hydrogens is 368 g/mol. The molecule has 0 spiro atoms. The van der Waals surface area contributed by atoms with Gasteiger partial charge in [0.2, 0.25) is 0 Å². The van der Waals surface area contributed by atoms with Crippen LogP contribution in [0.1, 0.15) is 25.0 Å². The van der Waals surface area contributed by atoms with Crippen LogP contribution in [0.15, 0.2) is 72.8 Å². The molecule has 148 valence electrons. The molecule has 0 saturated heterocycles. The molecule has 4 nitrogen and oxygen atoms in total. The first-order valence-electron chi connectivity index (χ1n) is 10.2. The molecule has 4 rings (SSSR count). The summed E-state index contributed by atoms with van der Waals surface area (Å²) in [5.74, 6) is 2.06. The molecule has 1 aromatic heterocycles. The van der Waals surface area contributed by atoms with Crippen molar-refractivity contribution in [2.75, 3.05) is 0 Å². The van der Waals surface area contributed by atoms with Gasteiger partial charge < -0.3 is 0 Å². The molecule has 0 bridgehead atoms. The fourth-order valence-electron chi connectivity index (χ4n) is 3.73. The van der Waals surface area contributed by atoms with E-state index in [1.54, 1.807) is 0 Å². The Kier molecular flexibility index (Phi) is 5.45. The van der Waals surface area contributed by atoms with Gasteiger partial charge in [-0.25, -0.2) is 4.85 Å². The maximum atomic E-state index is 7.53. The molecule has 0 radical (unpaired) electrons. The fourth-order valence-corrected chi connectivity index (χ4v) is 3.73. The standard InChI is InChI=1S/C26H24N4/c1-18(2)16-21-14-15-22(27-4)17-24(21)30-25(20-11-6-5-7-12-20)28-29-26(30)23-13-9-8-10-19(23)3/h5-15,17-18H,16H2,1-3H3. The second-order valence-corrected chi connectivity index (χ2v) is 7.89. The minimum absolute atomic E-state index is 0.487. The highest BCUT2D eigenvalue weighted by Crippen LogP contribution is 2.34. The van der Waals surface area contributed by atoms with E-state index in [0.717, 1.165) is 40.4 Å². The maximum Gasteiger partial charge on any atom is 0.189 e. The lowest BCUT2D eigenvalue weighted by atomic mass is 10.00. The van der Waals surface area contributed by atoms with E-state index in [2.05, 4.69) is 58.6 Å². The maximum absolute atomic E-state index is 7.53. The van der Waals surface area contributed by atoms with Crippen LogP contribution in [0, 0.1) is 19.4 Å². The summed E-state index contributed by atoms with van der Waals surface area (Å²) in [7, 11) is 0. The minimum atomic E-state index is 0.487. The van der Waals surface area contributed by atoms with Gasteiger partial charge in [0.1, 0.15) is 0 Å². The summed E-state index contributed by atoms with van der Waals surface area (Å²) >= 11 is 0. The van der Waals surface area contributed by atoms with Crippen molar-refractivity contribution in [3.8, 4) is 28.5 Å². The molecule has 1 heterocycles. The molecular formula is C26H24N4. The van der Waals surface area contributed by atoms with Crippen molar-refractivity contribution in [1.29, 1.82) is 0 Å². The van der Waals surface area contributed by atoms with Gasteiger partial charge >= 0.3 is 0 Å². The van der Waals surface area contributed by atoms with E-state index in [0.29, 0.717) is 11.6 Å². The molecule has 0 aliphatic rings. The van der Waals surface area contributed by atoms with Gasteiger partial charge in [-0.1, -0.05) is 80.6 Å². The molecule has 4 aromatic rings. The van der Waals surface area contributed by atoms with Gasteiger partial charge in [0, 0.05) is 16.8 Å². The quantitative estimate of drug-likeness (QED) is 0.356. The van der Waals surface area contributed by atoms with Crippen LogP contribution in [0.5, 0.6) is 0 Å². The predicted octanol–water partition coefficient (Wildman–Crippen LogP) is 6.66. The first-order valence-corrected chi connectivity index (χ1v) is 10.2. The predicted molar refractivity (Wildman–Crippen MR) is 122 cm³/mol. The van der Waals surface area contributed by atoms with Crippen LogP contribution >= 0.6 is 0 Å². The highest BCUT2D eigenvalue weighted by Gasteiger charge is 2.20. The van der Waals surface area contributed by atoms with Gasteiger partial charge in [-0.2, -0.15) is 0 Å². The van der Waals surface area contributed by atoms with E-state index < -0.39 is 0 Å². The zero-order valence-corrected chi connectivity index (χ0v) is 17.5. The number of nitrogens with zero attached hydrogens (tertiary/aromatic N) is 4. The molecule has 0 N–H and O–H groups in total. The molecule has 4 heteroatoms. The van der Waals surface area contributed by atoms with Crippen LogP contribution in [-0.4, -0.2) is 14.8 Å². The summed E-state index contributed by atoms with van der Waals surface area (Å²) in [5, 5.41) is 9.20. The van der Waals surface area contributed by atoms with Crippen molar-refractivity contribution in [3.05, 3.63) is 95.3 Å². The summed E-state index contributed by atoms with van der Waals surface area (Å²) < 4.78 is 2.12. The molecule has 3 aromatic carbocycles. The largest absolute Gasteiger partial charge is 0.276 e. The highest BCUT2D eigenvalue weighted by molar-refractivity contribution is 5.71. The van der Waals surface area contributed by atoms with Crippen LogP contribution in [-0.2, 0) is 6.42 Å². The molecule has 30 heavy (non-hydrogen) atoms. The van der Waals surface area contributed by atoms with Crippen molar-refractivity contribution >= 4 is 5.69 Å². The Morgan fingerprint density at radius 3 is 2.30 bits per heavy atom. The number of aromatic nitrogens is 3. The fraction of sp³-hybridized carbons (Fsp3) is 0.192. The van der Waals surface area contributed by atoms with Gasteiger partial charge in [0.15, 0.2) is 17.3 Å². The van der Waals surface area contributed by atoms with Crippen LogP contribution < -0.4 is 0 Å². The number of rotatable bonds is 5. The molecule has 0 atom stereocenters. The molecule has 0 unspecified atom stereocenters. The van der Waals surface area contributed by atoms with Crippen molar-refractivity contribution in [2.45, 2.75) is 27.2 Å². The Balaban J connectivity index is 2.05. The lowest BCUT2D eigenvalue weighted by Crippen LogP contribution is -2.06. The topological polar surface area (TPSA) is 35.1 Å². The molecule has 0 aliphatic carbocycles. The van der Waals surface area contributed by atoms with Crippen LogP contribution in [0.4, 0.5) is 5.69 Å². The summed E-state index contributed by atoms with van der Waals surface area (Å²) in [4.78, 5) is 3.68. The van der Waals surface area contributed by atoms with Crippen LogP contribution in [0.2, 0.25) is 0 Å². The summed E-state index contributed by atoms with van der Waals surface area (Å²) in [6.07, 6.45) is 0.910. The van der Waals surface area contributed by atoms with Crippen molar-refractivity contribution in [3.63, 3.8) is 0 Å². The monoisotopic (exact) mass is 392 g/mol. The zero-order chi connectivity index (χ0) is 21.1. The summed E-state index contributed by atoms with van der Waals surface area (Å²) in [5.41, 5.74) is 5.94. The van der Waals surface area contributed by atoms with E-state index >= 15 is 0 Å². The van der Waals surface area contributed by atoms with E-state index in [1.165, 1.54) is 5.56 Å². The third kappa shape index (κ3) is 3.75. The van der Waals surface area contributed by atoms with Gasteiger partial charge in [0.05, 0.1) is 6.57 Å². The molecule has 0 amide bonds. The molecule has 0 fully saturated rings. The minimum Gasteiger partial charge on any atom is -0.276 e. The van der Waals surface area contributed by atoms with Gasteiger partial charge in [0.25, 0.3) is 0 Å². The van der Waals surface area contributed by atoms with Gasteiger partial charge in [-0.15, -0.1) is 10.2 Å². The zero-order valence-electron chi connectivity index (χ0n) is 17.5. The van der Waals surface area contributed by atoms with Crippen LogP contribution in [0.25, 0.3) is 33.3 Å². The Morgan fingerprint density at radius 2 is 1.60 bits per heavy atom. The summed E-state index contributed by atoms with van der Waals surface area (Å²) in [6, 6.07) is 24.2. The van der Waals surface area contributed by atoms with E-state index in [4.69, 9.17) is 6.57 Å². The summed E-state index contributed by atoms with van der Waals surface area (Å²) in [6.45, 7) is 14.0. The third-order valence-corrected chi connectivity index (χ3v) is 5.15. The smallest absolute Gasteiger partial charge is 0.189 e. The Labute approximate surface area is 177 Å². The third-order valence-electron chi connectivity index (χ3n) is 5.15. The SMILES string of the molecule is [C-]#[N+]c1ccc(CC(C)C)c(-n2c(-c3ccccc3)nnc2-c2ccccc2C)c1. The molecule has 0 aliphatic heterocycles. The lowest BCUT2D eigenvalue weighted by molar-refractivity contribution is 0.645. The van der Waals surface area contributed by atoms with Gasteiger partial charge in [-0.3, -0.25) is 4.57 Å². The van der Waals surface area contributed by atoms with E-state index in [9.17, 15) is 0 Å². The average Bonchev–Trinajstić information content (AvgIpc) is 3.19. The lowest BCUT2D eigenvalue weighted by Gasteiger charge is -2.18. The Morgan fingerprint density at radius 1 is 0.900 bits per heavy atom. The Hall–Kier alpha value is -3.71. The number of benzene rings is 3. The van der Waals surface area contributed by atoms with Crippen molar-refractivity contribution in [2.24, 2.45) is 5.92 Å². The number of hydrogen-bond donors (Lipinski definition) is 0. The van der Waals surface area contributed by atoms with Crippen molar-refractivity contribution < 1.29 is 0 Å². The van der Waals surface area contributed by atoms with Gasteiger partial charge in [-0.05, 0) is 36.5 Å². The first-order chi connectivity index (χ1) is 14.6. The normalized spacial score (nSPS) is 10.9. The van der Waals surface area contributed by atoms with Crippen LogP contribution in [0.3, 0.4) is 0 Å². The first kappa shape index (κ1) is 19.6. The second kappa shape index (κ2) is 8.34. The average molecular weight is 393 g/mol. The van der Waals surface area contributed by atoms with E-state index in [1.807, 2.05) is 54.6 Å². The second-order valence-electron chi connectivity index (χ2n) is 7.89. The van der Waals surface area contributed by atoms with Crippen molar-refractivity contribution in [1.82, 2.24) is 14.8 Å². The number of aryl methyl sites for hydroxylation is 1. The number of hydrogen-bond acceptors (Lipinski definition) is 2. The Bertz CT molecular complexity index is 1210. The molecule has 0 saturated carbocycles. The highest BCUT2D eigenvalue weighted by atomic mass is 15.3. The van der Waals surface area contributed by atoms with E-state index in [-0.39, 0.29) is 0 Å².